The maximum Gasteiger partial charge on any atom is 0.148 e. The molecule has 0 aliphatic carbocycles. The minimum atomic E-state index is -0.501. The maximum atomic E-state index is 10.3. The van der Waals surface area contributed by atoms with Crippen LogP contribution in [0.15, 0.2) is 35.0 Å². The molecule has 2 heterocycles. The molecule has 2 nitrogen and oxygen atoms in total. The lowest BCUT2D eigenvalue weighted by molar-refractivity contribution is 0.198. The van der Waals surface area contributed by atoms with Crippen molar-refractivity contribution in [1.29, 1.82) is 0 Å². The monoisotopic (exact) mass is 256 g/mol. The number of hydrogen-bond acceptors (Lipinski definition) is 4. The molecule has 0 spiro atoms. The third-order valence-corrected chi connectivity index (χ3v) is 5.99. The van der Waals surface area contributed by atoms with Gasteiger partial charge in [-0.25, -0.2) is 0 Å². The molecule has 0 amide bonds. The zero-order chi connectivity index (χ0) is 11.4. The Bertz CT molecular complexity index is 340. The molecule has 0 aromatic carbocycles. The van der Waals surface area contributed by atoms with Crippen LogP contribution in [0.1, 0.15) is 19.1 Å². The number of thioether (sulfide) groups is 2. The second-order valence-corrected chi connectivity index (χ2v) is 6.61. The summed E-state index contributed by atoms with van der Waals surface area (Å²) in [7, 11) is 0. The third kappa shape index (κ3) is 2.19. The Morgan fingerprint density at radius 1 is 1.50 bits per heavy atom. The van der Waals surface area contributed by atoms with Crippen LogP contribution in [0.25, 0.3) is 0 Å². The Kier molecular flexibility index (Phi) is 4.05. The van der Waals surface area contributed by atoms with Crippen molar-refractivity contribution in [2.24, 2.45) is 0 Å². The number of aliphatic hydroxyl groups excluding tert-OH is 1. The minimum Gasteiger partial charge on any atom is -0.467 e. The van der Waals surface area contributed by atoms with Gasteiger partial charge in [0.2, 0.25) is 0 Å². The van der Waals surface area contributed by atoms with Gasteiger partial charge in [-0.1, -0.05) is 12.2 Å². The van der Waals surface area contributed by atoms with Gasteiger partial charge in [-0.15, -0.1) is 23.5 Å². The van der Waals surface area contributed by atoms with Crippen molar-refractivity contribution in [3.05, 3.63) is 36.3 Å². The van der Waals surface area contributed by atoms with Crippen LogP contribution in [0.5, 0.6) is 0 Å². The number of hydrogen-bond donors (Lipinski definition) is 1. The highest BCUT2D eigenvalue weighted by Gasteiger charge is 2.43. The number of rotatable bonds is 3. The van der Waals surface area contributed by atoms with E-state index in [9.17, 15) is 5.11 Å². The Morgan fingerprint density at radius 3 is 2.81 bits per heavy atom. The predicted molar refractivity (Wildman–Crippen MR) is 70.7 cm³/mol. The quantitative estimate of drug-likeness (QED) is 0.842. The van der Waals surface area contributed by atoms with Gasteiger partial charge in [0, 0.05) is 0 Å². The molecular weight excluding hydrogens is 240 g/mol. The lowest BCUT2D eigenvalue weighted by Crippen LogP contribution is -2.34. The molecule has 0 saturated carbocycles. The Hall–Kier alpha value is -0.320. The fraction of sp³-hybridized carbons (Fsp3) is 0.500. The van der Waals surface area contributed by atoms with Crippen LogP contribution in [-0.2, 0) is 4.08 Å². The molecule has 1 aliphatic rings. The van der Waals surface area contributed by atoms with Crippen molar-refractivity contribution in [3.63, 3.8) is 0 Å². The van der Waals surface area contributed by atoms with E-state index in [1.807, 2.05) is 31.2 Å². The molecule has 0 bridgehead atoms. The second kappa shape index (κ2) is 5.34. The summed E-state index contributed by atoms with van der Waals surface area (Å²) in [6.45, 7) is 1.93. The molecule has 1 aliphatic heterocycles. The van der Waals surface area contributed by atoms with E-state index in [0.29, 0.717) is 0 Å². The van der Waals surface area contributed by atoms with Gasteiger partial charge in [0.25, 0.3) is 0 Å². The lowest BCUT2D eigenvalue weighted by Gasteiger charge is -2.36. The molecule has 2 rings (SSSR count). The van der Waals surface area contributed by atoms with Crippen molar-refractivity contribution in [2.45, 2.75) is 23.5 Å². The van der Waals surface area contributed by atoms with Gasteiger partial charge < -0.3 is 9.52 Å². The zero-order valence-corrected chi connectivity index (χ0v) is 10.9. The van der Waals surface area contributed by atoms with Gasteiger partial charge in [0.05, 0.1) is 6.26 Å². The summed E-state index contributed by atoms with van der Waals surface area (Å²) in [5, 5.41) is 10.3. The van der Waals surface area contributed by atoms with Crippen molar-refractivity contribution < 1.29 is 9.52 Å². The van der Waals surface area contributed by atoms with Crippen LogP contribution in [0.3, 0.4) is 0 Å². The van der Waals surface area contributed by atoms with E-state index in [1.165, 1.54) is 6.42 Å². The first-order chi connectivity index (χ1) is 7.79. The van der Waals surface area contributed by atoms with E-state index in [1.54, 1.807) is 29.8 Å². The van der Waals surface area contributed by atoms with Gasteiger partial charge in [0.1, 0.15) is 15.9 Å². The first kappa shape index (κ1) is 12.1. The molecule has 1 saturated heterocycles. The van der Waals surface area contributed by atoms with Crippen LogP contribution in [-0.4, -0.2) is 22.7 Å². The topological polar surface area (TPSA) is 33.4 Å². The van der Waals surface area contributed by atoms with Gasteiger partial charge >= 0.3 is 0 Å². The minimum absolute atomic E-state index is 0.353. The van der Waals surface area contributed by atoms with Crippen molar-refractivity contribution in [2.75, 3.05) is 11.5 Å². The van der Waals surface area contributed by atoms with E-state index in [2.05, 4.69) is 0 Å². The van der Waals surface area contributed by atoms with Crippen LogP contribution >= 0.6 is 23.5 Å². The lowest BCUT2D eigenvalue weighted by atomic mass is 10.2. The molecule has 1 fully saturated rings. The second-order valence-electron chi connectivity index (χ2n) is 3.67. The van der Waals surface area contributed by atoms with Gasteiger partial charge in [-0.2, -0.15) is 0 Å². The SMILES string of the molecule is CC=CC(O)C1(c2ccco2)SCCCS1. The van der Waals surface area contributed by atoms with E-state index in [0.717, 1.165) is 17.3 Å². The summed E-state index contributed by atoms with van der Waals surface area (Å²) in [5.41, 5.74) is 0. The zero-order valence-electron chi connectivity index (χ0n) is 9.26. The predicted octanol–water partition coefficient (Wildman–Crippen LogP) is 3.24. The molecule has 1 aromatic heterocycles. The third-order valence-electron chi connectivity index (χ3n) is 2.55. The van der Waals surface area contributed by atoms with Crippen molar-refractivity contribution >= 4 is 23.5 Å². The smallest absolute Gasteiger partial charge is 0.148 e. The Morgan fingerprint density at radius 2 is 2.25 bits per heavy atom. The van der Waals surface area contributed by atoms with Crippen molar-refractivity contribution in [3.8, 4) is 0 Å². The average molecular weight is 256 g/mol. The maximum absolute atomic E-state index is 10.3. The average Bonchev–Trinajstić information content (AvgIpc) is 2.84. The van der Waals surface area contributed by atoms with Gasteiger partial charge in [0.15, 0.2) is 0 Å². The van der Waals surface area contributed by atoms with Gasteiger partial charge in [-0.3, -0.25) is 0 Å². The molecule has 1 aromatic rings. The number of furan rings is 1. The molecule has 88 valence electrons. The molecule has 1 atom stereocenters. The fourth-order valence-corrected chi connectivity index (χ4v) is 5.01. The first-order valence-electron chi connectivity index (χ1n) is 5.42. The highest BCUT2D eigenvalue weighted by atomic mass is 32.2. The summed E-state index contributed by atoms with van der Waals surface area (Å²) >= 11 is 3.57. The van der Waals surface area contributed by atoms with Gasteiger partial charge in [-0.05, 0) is 37.0 Å². The first-order valence-corrected chi connectivity index (χ1v) is 7.39. The summed E-state index contributed by atoms with van der Waals surface area (Å²) in [4.78, 5) is 0. The van der Waals surface area contributed by atoms with E-state index >= 15 is 0 Å². The summed E-state index contributed by atoms with van der Waals surface area (Å²) in [6.07, 6.45) is 6.10. The fourth-order valence-electron chi connectivity index (χ4n) is 1.79. The largest absolute Gasteiger partial charge is 0.467 e. The Labute approximate surface area is 104 Å². The van der Waals surface area contributed by atoms with Crippen molar-refractivity contribution in [1.82, 2.24) is 0 Å². The Balaban J connectivity index is 2.31. The van der Waals surface area contributed by atoms with E-state index in [-0.39, 0.29) is 4.08 Å². The molecule has 4 heteroatoms. The highest BCUT2D eigenvalue weighted by Crippen LogP contribution is 2.53. The molecular formula is C12H16O2S2. The summed E-state index contributed by atoms with van der Waals surface area (Å²) in [6, 6.07) is 3.84. The van der Waals surface area contributed by atoms with Crippen LogP contribution in [0.4, 0.5) is 0 Å². The molecule has 16 heavy (non-hydrogen) atoms. The van der Waals surface area contributed by atoms with E-state index < -0.39 is 6.10 Å². The van der Waals surface area contributed by atoms with Crippen LogP contribution < -0.4 is 0 Å². The highest BCUT2D eigenvalue weighted by molar-refractivity contribution is 8.18. The normalized spacial score (nSPS) is 22.4. The summed E-state index contributed by atoms with van der Waals surface area (Å²) in [5.74, 6) is 3.01. The number of aliphatic hydroxyl groups is 1. The number of allylic oxidation sites excluding steroid dienone is 1. The molecule has 1 N–H and O–H groups in total. The van der Waals surface area contributed by atoms with Crippen LogP contribution in [0.2, 0.25) is 0 Å². The van der Waals surface area contributed by atoms with E-state index in [4.69, 9.17) is 4.42 Å². The molecule has 0 radical (unpaired) electrons. The summed E-state index contributed by atoms with van der Waals surface area (Å²) < 4.78 is 5.16. The molecule has 1 unspecified atom stereocenters. The van der Waals surface area contributed by atoms with Crippen LogP contribution in [0, 0.1) is 0 Å². The standard InChI is InChI=1S/C12H16O2S2/c1-2-5-10(13)12(11-6-3-7-14-11)15-8-4-9-16-12/h2-3,5-7,10,13H,4,8-9H2,1H3.